The number of hydrogen-bond donors (Lipinski definition) is 3. The van der Waals surface area contributed by atoms with Gasteiger partial charge < -0.3 is 15.6 Å². The Morgan fingerprint density at radius 2 is 1.78 bits per heavy atom. The van der Waals surface area contributed by atoms with Crippen molar-refractivity contribution in [3.8, 4) is 22.5 Å². The minimum atomic E-state index is -0.712. The number of halogens is 3. The van der Waals surface area contributed by atoms with Gasteiger partial charge >= 0.3 is 0 Å². The van der Waals surface area contributed by atoms with Gasteiger partial charge in [0.15, 0.2) is 0 Å². The molecule has 1 saturated heterocycles. The summed E-state index contributed by atoms with van der Waals surface area (Å²) in [5.74, 6) is -2.25. The summed E-state index contributed by atoms with van der Waals surface area (Å²) >= 11 is 0. The van der Waals surface area contributed by atoms with E-state index >= 15 is 0 Å². The van der Waals surface area contributed by atoms with Gasteiger partial charge in [0.1, 0.15) is 23.5 Å². The molecule has 2 aromatic carbocycles. The van der Waals surface area contributed by atoms with Gasteiger partial charge in [-0.3, -0.25) is 9.59 Å². The molecule has 0 spiro atoms. The second-order valence-corrected chi connectivity index (χ2v) is 7.81. The van der Waals surface area contributed by atoms with Crippen molar-refractivity contribution in [3.05, 3.63) is 71.0 Å². The van der Waals surface area contributed by atoms with Crippen LogP contribution in [0.25, 0.3) is 22.5 Å². The van der Waals surface area contributed by atoms with E-state index in [0.29, 0.717) is 41.9 Å². The van der Waals surface area contributed by atoms with Gasteiger partial charge in [0.2, 0.25) is 11.8 Å². The standard InChI is InChI=1S/C24H22F3N3O2/c1-13-17(8-9-21(31)29-20-10-11-28-24(20)32)23(14-2-4-15(25)5-3-14)30-22(13)18-7-6-16(26)12-19(18)27/h2-7,12,20,30H,8-11H2,1H3,(H,28,32)(H,29,31). The fourth-order valence-corrected chi connectivity index (χ4v) is 4.01. The summed E-state index contributed by atoms with van der Waals surface area (Å²) in [6, 6.07) is 8.64. The fourth-order valence-electron chi connectivity index (χ4n) is 4.01. The lowest BCUT2D eigenvalue weighted by Crippen LogP contribution is -2.40. The third-order valence-corrected chi connectivity index (χ3v) is 5.70. The Hall–Kier alpha value is -3.55. The van der Waals surface area contributed by atoms with Crippen molar-refractivity contribution in [3.63, 3.8) is 0 Å². The Bertz CT molecular complexity index is 1170. The summed E-state index contributed by atoms with van der Waals surface area (Å²) in [5, 5.41) is 5.40. The highest BCUT2D eigenvalue weighted by Gasteiger charge is 2.26. The number of benzene rings is 2. The highest BCUT2D eigenvalue weighted by atomic mass is 19.1. The van der Waals surface area contributed by atoms with E-state index in [9.17, 15) is 22.8 Å². The lowest BCUT2D eigenvalue weighted by Gasteiger charge is -2.11. The summed E-state index contributed by atoms with van der Waals surface area (Å²) in [4.78, 5) is 27.3. The van der Waals surface area contributed by atoms with Crippen LogP contribution in [0.15, 0.2) is 42.5 Å². The monoisotopic (exact) mass is 441 g/mol. The van der Waals surface area contributed by atoms with Gasteiger partial charge in [0.25, 0.3) is 0 Å². The predicted octanol–water partition coefficient (Wildman–Crippen LogP) is 4.01. The minimum Gasteiger partial charge on any atom is -0.354 e. The lowest BCUT2D eigenvalue weighted by molar-refractivity contribution is -0.127. The zero-order valence-electron chi connectivity index (χ0n) is 17.4. The molecular formula is C24H22F3N3O2. The molecule has 3 N–H and O–H groups in total. The highest BCUT2D eigenvalue weighted by Crippen LogP contribution is 2.35. The number of hydrogen-bond acceptors (Lipinski definition) is 2. The Morgan fingerprint density at radius 1 is 1.06 bits per heavy atom. The number of carbonyl (C=O) groups excluding carboxylic acids is 2. The molecular weight excluding hydrogens is 419 g/mol. The van der Waals surface area contributed by atoms with Crippen molar-refractivity contribution in [2.45, 2.75) is 32.2 Å². The predicted molar refractivity (Wildman–Crippen MR) is 114 cm³/mol. The average molecular weight is 441 g/mol. The normalized spacial score (nSPS) is 15.6. The van der Waals surface area contributed by atoms with Crippen LogP contribution in [0, 0.1) is 24.4 Å². The second-order valence-electron chi connectivity index (χ2n) is 7.81. The van der Waals surface area contributed by atoms with Crippen LogP contribution in [-0.4, -0.2) is 29.4 Å². The molecule has 0 radical (unpaired) electrons. The maximum Gasteiger partial charge on any atom is 0.242 e. The molecule has 1 unspecified atom stereocenters. The first-order valence-electron chi connectivity index (χ1n) is 10.3. The molecule has 0 aliphatic carbocycles. The van der Waals surface area contributed by atoms with Crippen molar-refractivity contribution >= 4 is 11.8 Å². The molecule has 0 saturated carbocycles. The molecule has 1 aliphatic rings. The molecule has 1 aromatic heterocycles. The molecule has 3 aromatic rings. The van der Waals surface area contributed by atoms with E-state index < -0.39 is 23.5 Å². The number of carbonyl (C=O) groups is 2. The van der Waals surface area contributed by atoms with Gasteiger partial charge in [0, 0.05) is 30.3 Å². The van der Waals surface area contributed by atoms with E-state index in [1.54, 1.807) is 19.1 Å². The van der Waals surface area contributed by atoms with Crippen LogP contribution in [0.2, 0.25) is 0 Å². The molecule has 5 nitrogen and oxygen atoms in total. The van der Waals surface area contributed by atoms with Gasteiger partial charge in [-0.25, -0.2) is 13.2 Å². The molecule has 2 heterocycles. The SMILES string of the molecule is Cc1c(-c2ccc(F)cc2F)[nH]c(-c2ccc(F)cc2)c1CCC(=O)NC1CCNC1=O. The maximum absolute atomic E-state index is 14.5. The zero-order valence-corrected chi connectivity index (χ0v) is 17.4. The van der Waals surface area contributed by atoms with Crippen molar-refractivity contribution in [1.29, 1.82) is 0 Å². The van der Waals surface area contributed by atoms with E-state index in [0.717, 1.165) is 11.6 Å². The average Bonchev–Trinajstić information content (AvgIpc) is 3.30. The second kappa shape index (κ2) is 8.90. The van der Waals surface area contributed by atoms with Crippen LogP contribution in [-0.2, 0) is 16.0 Å². The van der Waals surface area contributed by atoms with Crippen LogP contribution in [0.4, 0.5) is 13.2 Å². The van der Waals surface area contributed by atoms with Gasteiger partial charge in [-0.1, -0.05) is 0 Å². The fraction of sp³-hybridized carbons (Fsp3) is 0.250. The summed E-state index contributed by atoms with van der Waals surface area (Å²) in [6.45, 7) is 2.32. The molecule has 8 heteroatoms. The molecule has 0 bridgehead atoms. The van der Waals surface area contributed by atoms with Crippen LogP contribution in [0.1, 0.15) is 24.0 Å². The van der Waals surface area contributed by atoms with E-state index in [2.05, 4.69) is 15.6 Å². The summed E-state index contributed by atoms with van der Waals surface area (Å²) < 4.78 is 41.3. The molecule has 4 rings (SSSR count). The zero-order chi connectivity index (χ0) is 22.8. The molecule has 1 atom stereocenters. The van der Waals surface area contributed by atoms with E-state index in [4.69, 9.17) is 0 Å². The van der Waals surface area contributed by atoms with Crippen molar-refractivity contribution in [2.75, 3.05) is 6.54 Å². The van der Waals surface area contributed by atoms with Gasteiger partial charge in [0.05, 0.1) is 5.69 Å². The smallest absolute Gasteiger partial charge is 0.242 e. The topological polar surface area (TPSA) is 74.0 Å². The van der Waals surface area contributed by atoms with Crippen molar-refractivity contribution in [2.24, 2.45) is 0 Å². The molecule has 166 valence electrons. The van der Waals surface area contributed by atoms with Gasteiger partial charge in [-0.15, -0.1) is 0 Å². The molecule has 2 amide bonds. The van der Waals surface area contributed by atoms with E-state index in [1.807, 2.05) is 0 Å². The molecule has 1 aliphatic heterocycles. The Labute approximate surface area is 183 Å². The Kier molecular flexibility index (Phi) is 6.03. The molecule has 1 fully saturated rings. The number of rotatable bonds is 6. The van der Waals surface area contributed by atoms with Crippen LogP contribution in [0.3, 0.4) is 0 Å². The first-order chi connectivity index (χ1) is 15.3. The third kappa shape index (κ3) is 4.39. The van der Waals surface area contributed by atoms with Crippen LogP contribution < -0.4 is 10.6 Å². The number of H-pyrrole nitrogens is 1. The maximum atomic E-state index is 14.5. The van der Waals surface area contributed by atoms with Gasteiger partial charge in [-0.2, -0.15) is 0 Å². The number of amides is 2. The highest BCUT2D eigenvalue weighted by molar-refractivity contribution is 5.89. The van der Waals surface area contributed by atoms with Crippen LogP contribution >= 0.6 is 0 Å². The van der Waals surface area contributed by atoms with Gasteiger partial charge in [-0.05, 0) is 72.9 Å². The molecule has 32 heavy (non-hydrogen) atoms. The summed E-state index contributed by atoms with van der Waals surface area (Å²) in [7, 11) is 0. The van der Waals surface area contributed by atoms with Crippen molar-refractivity contribution < 1.29 is 22.8 Å². The minimum absolute atomic E-state index is 0.113. The third-order valence-electron chi connectivity index (χ3n) is 5.70. The van der Waals surface area contributed by atoms with E-state index in [1.165, 1.54) is 24.3 Å². The number of nitrogens with one attached hydrogen (secondary N) is 3. The summed E-state index contributed by atoms with van der Waals surface area (Å²) in [5.41, 5.74) is 3.45. The Morgan fingerprint density at radius 3 is 2.44 bits per heavy atom. The largest absolute Gasteiger partial charge is 0.354 e. The van der Waals surface area contributed by atoms with Crippen LogP contribution in [0.5, 0.6) is 0 Å². The number of aromatic nitrogens is 1. The lowest BCUT2D eigenvalue weighted by atomic mass is 9.98. The first kappa shape index (κ1) is 21.7. The first-order valence-corrected chi connectivity index (χ1v) is 10.3. The Balaban J connectivity index is 1.66. The quantitative estimate of drug-likeness (QED) is 0.541. The summed E-state index contributed by atoms with van der Waals surface area (Å²) in [6.07, 6.45) is 0.975. The van der Waals surface area contributed by atoms with E-state index in [-0.39, 0.29) is 23.8 Å². The number of aromatic amines is 1. The van der Waals surface area contributed by atoms with Crippen molar-refractivity contribution in [1.82, 2.24) is 15.6 Å².